The molecule has 2 aromatic rings. The largest absolute Gasteiger partial charge is 0.368 e. The maximum Gasteiger partial charge on any atom is 0.240 e. The Kier molecular flexibility index (Phi) is 6.20. The monoisotopic (exact) mass is 350 g/mol. The molecule has 3 N–H and O–H groups in total. The van der Waals surface area contributed by atoms with Gasteiger partial charge in [0.05, 0.1) is 4.90 Å². The fraction of sp³-hybridized carbons (Fsp3) is 0.188. The summed E-state index contributed by atoms with van der Waals surface area (Å²) < 4.78 is 26.7. The van der Waals surface area contributed by atoms with Gasteiger partial charge in [-0.1, -0.05) is 48.5 Å². The van der Waals surface area contributed by atoms with Crippen molar-refractivity contribution in [2.75, 3.05) is 12.3 Å². The van der Waals surface area contributed by atoms with Gasteiger partial charge in [-0.3, -0.25) is 4.79 Å². The fourth-order valence-corrected chi connectivity index (χ4v) is 4.16. The van der Waals surface area contributed by atoms with Crippen LogP contribution in [0.1, 0.15) is 10.8 Å². The number of thioether (sulfide) groups is 1. The average Bonchev–Trinajstić information content (AvgIpc) is 2.56. The summed E-state index contributed by atoms with van der Waals surface area (Å²) in [4.78, 5) is 11.8. The van der Waals surface area contributed by atoms with E-state index >= 15 is 0 Å². The van der Waals surface area contributed by atoms with Gasteiger partial charge in [0, 0.05) is 12.3 Å². The van der Waals surface area contributed by atoms with Gasteiger partial charge in [0.15, 0.2) is 0 Å². The maximum absolute atomic E-state index is 12.1. The zero-order valence-electron chi connectivity index (χ0n) is 12.4. The number of hydrogen-bond acceptors (Lipinski definition) is 4. The molecule has 0 aromatic heterocycles. The van der Waals surface area contributed by atoms with Gasteiger partial charge in [0.1, 0.15) is 5.25 Å². The Morgan fingerprint density at radius 3 is 2.17 bits per heavy atom. The van der Waals surface area contributed by atoms with Crippen molar-refractivity contribution in [3.63, 3.8) is 0 Å². The molecule has 0 saturated carbocycles. The molecule has 7 heteroatoms. The SMILES string of the molecule is NC(=O)C(SCCNS(=O)(=O)c1ccccc1)c1ccccc1. The minimum atomic E-state index is -3.52. The Bertz CT molecular complexity index is 734. The molecule has 1 amide bonds. The van der Waals surface area contributed by atoms with Crippen molar-refractivity contribution in [1.82, 2.24) is 4.72 Å². The molecular weight excluding hydrogens is 332 g/mol. The zero-order valence-corrected chi connectivity index (χ0v) is 14.0. The van der Waals surface area contributed by atoms with E-state index in [1.54, 1.807) is 18.2 Å². The topological polar surface area (TPSA) is 89.3 Å². The Balaban J connectivity index is 1.90. The van der Waals surface area contributed by atoms with E-state index in [0.717, 1.165) is 5.56 Å². The number of nitrogens with one attached hydrogen (secondary N) is 1. The first kappa shape index (κ1) is 17.5. The van der Waals surface area contributed by atoms with Crippen LogP contribution in [0.2, 0.25) is 0 Å². The number of rotatable bonds is 8. The molecule has 1 unspecified atom stereocenters. The lowest BCUT2D eigenvalue weighted by molar-refractivity contribution is -0.117. The van der Waals surface area contributed by atoms with E-state index in [0.29, 0.717) is 5.75 Å². The summed E-state index contributed by atoms with van der Waals surface area (Å²) >= 11 is 1.32. The molecule has 0 aliphatic rings. The molecule has 0 heterocycles. The van der Waals surface area contributed by atoms with Gasteiger partial charge in [-0.25, -0.2) is 13.1 Å². The van der Waals surface area contributed by atoms with Crippen molar-refractivity contribution >= 4 is 27.7 Å². The van der Waals surface area contributed by atoms with Crippen LogP contribution in [0, 0.1) is 0 Å². The van der Waals surface area contributed by atoms with Crippen LogP contribution < -0.4 is 10.5 Å². The number of primary amides is 1. The summed E-state index contributed by atoms with van der Waals surface area (Å²) in [6.07, 6.45) is 0. The average molecular weight is 350 g/mol. The quantitative estimate of drug-likeness (QED) is 0.712. The summed E-state index contributed by atoms with van der Waals surface area (Å²) in [5.41, 5.74) is 6.25. The minimum Gasteiger partial charge on any atom is -0.368 e. The number of amides is 1. The van der Waals surface area contributed by atoms with E-state index in [1.165, 1.54) is 23.9 Å². The third-order valence-electron chi connectivity index (χ3n) is 3.09. The van der Waals surface area contributed by atoms with Crippen LogP contribution in [0.5, 0.6) is 0 Å². The van der Waals surface area contributed by atoms with E-state index in [2.05, 4.69) is 4.72 Å². The van der Waals surface area contributed by atoms with Crippen LogP contribution in [0.15, 0.2) is 65.6 Å². The lowest BCUT2D eigenvalue weighted by atomic mass is 10.1. The Hall–Kier alpha value is -1.83. The van der Waals surface area contributed by atoms with Crippen LogP contribution >= 0.6 is 11.8 Å². The summed E-state index contributed by atoms with van der Waals surface area (Å²) in [6, 6.07) is 17.4. The number of benzene rings is 2. The number of sulfonamides is 1. The van der Waals surface area contributed by atoms with Crippen LogP contribution in [-0.2, 0) is 14.8 Å². The highest BCUT2D eigenvalue weighted by Crippen LogP contribution is 2.27. The summed E-state index contributed by atoms with van der Waals surface area (Å²) in [7, 11) is -3.52. The van der Waals surface area contributed by atoms with Crippen LogP contribution in [0.4, 0.5) is 0 Å². The Labute approximate surface area is 140 Å². The molecule has 0 aliphatic carbocycles. The van der Waals surface area contributed by atoms with Crippen molar-refractivity contribution < 1.29 is 13.2 Å². The molecule has 0 aliphatic heterocycles. The molecule has 0 saturated heterocycles. The van der Waals surface area contributed by atoms with Crippen molar-refractivity contribution in [3.8, 4) is 0 Å². The summed E-state index contributed by atoms with van der Waals surface area (Å²) in [5.74, 6) is 0.00120. The predicted octanol–water partition coefficient (Wildman–Crippen LogP) is 1.92. The second kappa shape index (κ2) is 8.14. The van der Waals surface area contributed by atoms with E-state index in [4.69, 9.17) is 5.73 Å². The van der Waals surface area contributed by atoms with Gasteiger partial charge < -0.3 is 5.73 Å². The lowest BCUT2D eigenvalue weighted by Gasteiger charge is -2.13. The third kappa shape index (κ3) is 5.09. The highest BCUT2D eigenvalue weighted by Gasteiger charge is 2.18. The predicted molar refractivity (Wildman–Crippen MR) is 92.5 cm³/mol. The van der Waals surface area contributed by atoms with E-state index in [-0.39, 0.29) is 11.4 Å². The molecular formula is C16H18N2O3S2. The molecule has 1 atom stereocenters. The van der Waals surface area contributed by atoms with Crippen molar-refractivity contribution in [2.24, 2.45) is 5.73 Å². The van der Waals surface area contributed by atoms with Crippen LogP contribution in [0.25, 0.3) is 0 Å². The smallest absolute Gasteiger partial charge is 0.240 e. The van der Waals surface area contributed by atoms with Gasteiger partial charge >= 0.3 is 0 Å². The van der Waals surface area contributed by atoms with Crippen molar-refractivity contribution in [3.05, 3.63) is 66.2 Å². The highest BCUT2D eigenvalue weighted by atomic mass is 32.2. The molecule has 0 spiro atoms. The van der Waals surface area contributed by atoms with E-state index < -0.39 is 21.2 Å². The normalized spacial score (nSPS) is 12.7. The number of nitrogens with two attached hydrogens (primary N) is 1. The van der Waals surface area contributed by atoms with Crippen molar-refractivity contribution in [1.29, 1.82) is 0 Å². The van der Waals surface area contributed by atoms with Gasteiger partial charge in [-0.15, -0.1) is 11.8 Å². The molecule has 5 nitrogen and oxygen atoms in total. The number of carbonyl (C=O) groups is 1. The third-order valence-corrected chi connectivity index (χ3v) is 5.85. The summed E-state index contributed by atoms with van der Waals surface area (Å²) in [6.45, 7) is 0.221. The first-order valence-corrected chi connectivity index (χ1v) is 9.54. The minimum absolute atomic E-state index is 0.221. The maximum atomic E-state index is 12.1. The molecule has 2 rings (SSSR count). The highest BCUT2D eigenvalue weighted by molar-refractivity contribution is 8.00. The molecule has 23 heavy (non-hydrogen) atoms. The van der Waals surface area contributed by atoms with Gasteiger partial charge in [0.2, 0.25) is 15.9 Å². The van der Waals surface area contributed by atoms with E-state index in [9.17, 15) is 13.2 Å². The fourth-order valence-electron chi connectivity index (χ4n) is 2.01. The Morgan fingerprint density at radius 1 is 1.04 bits per heavy atom. The summed E-state index contributed by atoms with van der Waals surface area (Å²) in [5, 5.41) is -0.488. The van der Waals surface area contributed by atoms with Gasteiger partial charge in [-0.05, 0) is 17.7 Å². The number of carbonyl (C=O) groups excluding carboxylic acids is 1. The van der Waals surface area contributed by atoms with Crippen LogP contribution in [0.3, 0.4) is 0 Å². The molecule has 0 bridgehead atoms. The van der Waals surface area contributed by atoms with Gasteiger partial charge in [0.25, 0.3) is 0 Å². The second-order valence-corrected chi connectivity index (χ2v) is 7.75. The standard InChI is InChI=1S/C16H18N2O3S2/c17-16(19)15(13-7-3-1-4-8-13)22-12-11-18-23(20,21)14-9-5-2-6-10-14/h1-10,15,18H,11-12H2,(H2,17,19). The first-order chi connectivity index (χ1) is 11.0. The number of hydrogen-bond donors (Lipinski definition) is 2. The molecule has 0 radical (unpaired) electrons. The van der Waals surface area contributed by atoms with Crippen molar-refractivity contribution in [2.45, 2.75) is 10.1 Å². The Morgan fingerprint density at radius 2 is 1.61 bits per heavy atom. The van der Waals surface area contributed by atoms with Crippen LogP contribution in [-0.4, -0.2) is 26.6 Å². The molecule has 0 fully saturated rings. The zero-order chi connectivity index (χ0) is 16.7. The lowest BCUT2D eigenvalue weighted by Crippen LogP contribution is -2.27. The van der Waals surface area contributed by atoms with Gasteiger partial charge in [-0.2, -0.15) is 0 Å². The second-order valence-electron chi connectivity index (χ2n) is 4.77. The molecule has 2 aromatic carbocycles. The molecule has 122 valence electrons. The first-order valence-electron chi connectivity index (χ1n) is 7.01. The van der Waals surface area contributed by atoms with E-state index in [1.807, 2.05) is 30.3 Å².